The lowest BCUT2D eigenvalue weighted by Crippen LogP contribution is -2.49. The maximum atomic E-state index is 13.4. The van der Waals surface area contributed by atoms with E-state index in [4.69, 9.17) is 9.47 Å². The molecule has 7 nitrogen and oxygen atoms in total. The number of anilines is 1. The zero-order chi connectivity index (χ0) is 27.1. The third kappa shape index (κ3) is 6.48. The largest absolute Gasteiger partial charge is 0.495 e. The van der Waals surface area contributed by atoms with Gasteiger partial charge in [0.15, 0.2) is 9.84 Å². The molecule has 8 heteroatoms. The van der Waals surface area contributed by atoms with Crippen LogP contribution in [0.4, 0.5) is 5.69 Å². The number of methoxy groups -OCH3 is 1. The minimum absolute atomic E-state index is 0.142. The van der Waals surface area contributed by atoms with Gasteiger partial charge in [-0.3, -0.25) is 4.79 Å². The molecule has 4 rings (SSSR count). The van der Waals surface area contributed by atoms with Crippen LogP contribution < -0.4 is 14.4 Å². The standard InChI is InChI=1S/C30H36N2O5S/c1-4-5-20-37-25-13-11-24(12-14-25)22-38(34,35)26-15-10-23(2)27(21-26)30(33)32-18-16-31(17-19-32)28-8-6-7-9-29(28)36-3/h6-15,21H,4-5,16-20,22H2,1-3H3. The monoisotopic (exact) mass is 536 g/mol. The van der Waals surface area contributed by atoms with E-state index >= 15 is 0 Å². The normalized spacial score (nSPS) is 13.9. The van der Waals surface area contributed by atoms with Gasteiger partial charge in [0.25, 0.3) is 5.91 Å². The van der Waals surface area contributed by atoms with Crippen LogP contribution in [0.1, 0.15) is 41.3 Å². The van der Waals surface area contributed by atoms with E-state index in [1.54, 1.807) is 48.4 Å². The van der Waals surface area contributed by atoms with Crippen molar-refractivity contribution in [1.82, 2.24) is 4.90 Å². The molecular weight excluding hydrogens is 500 g/mol. The third-order valence-corrected chi connectivity index (χ3v) is 8.52. The molecule has 1 aliphatic rings. The Morgan fingerprint density at radius 2 is 1.66 bits per heavy atom. The second kappa shape index (κ2) is 12.3. The van der Waals surface area contributed by atoms with E-state index in [-0.39, 0.29) is 16.6 Å². The number of hydrogen-bond donors (Lipinski definition) is 0. The highest BCUT2D eigenvalue weighted by Gasteiger charge is 2.26. The first kappa shape index (κ1) is 27.5. The number of nitrogens with zero attached hydrogens (tertiary/aromatic N) is 2. The summed E-state index contributed by atoms with van der Waals surface area (Å²) in [5.74, 6) is 1.25. The topological polar surface area (TPSA) is 76.2 Å². The van der Waals surface area contributed by atoms with Crippen molar-refractivity contribution in [2.45, 2.75) is 37.3 Å². The van der Waals surface area contributed by atoms with Crippen LogP contribution in [-0.4, -0.2) is 59.1 Å². The lowest BCUT2D eigenvalue weighted by atomic mass is 10.1. The fourth-order valence-corrected chi connectivity index (χ4v) is 5.93. The minimum atomic E-state index is -3.64. The number of rotatable bonds is 10. The number of benzene rings is 3. The lowest BCUT2D eigenvalue weighted by Gasteiger charge is -2.36. The van der Waals surface area contributed by atoms with Crippen LogP contribution in [0, 0.1) is 6.92 Å². The molecule has 1 fully saturated rings. The molecule has 1 amide bonds. The molecule has 3 aromatic rings. The number of hydrogen-bond acceptors (Lipinski definition) is 6. The molecule has 38 heavy (non-hydrogen) atoms. The van der Waals surface area contributed by atoms with Gasteiger partial charge in [-0.2, -0.15) is 0 Å². The van der Waals surface area contributed by atoms with Crippen LogP contribution in [0.15, 0.2) is 71.6 Å². The summed E-state index contributed by atoms with van der Waals surface area (Å²) >= 11 is 0. The molecule has 1 heterocycles. The number of carbonyl (C=O) groups excluding carboxylic acids is 1. The highest BCUT2D eigenvalue weighted by molar-refractivity contribution is 7.90. The molecule has 3 aromatic carbocycles. The third-order valence-electron chi connectivity index (χ3n) is 6.84. The molecule has 202 valence electrons. The average Bonchev–Trinajstić information content (AvgIpc) is 2.94. The van der Waals surface area contributed by atoms with E-state index in [1.165, 1.54) is 6.07 Å². The second-order valence-corrected chi connectivity index (χ2v) is 11.5. The predicted molar refractivity (Wildman–Crippen MR) is 150 cm³/mol. The number of piperazine rings is 1. The summed E-state index contributed by atoms with van der Waals surface area (Å²) in [7, 11) is -1.98. The number of carbonyl (C=O) groups is 1. The zero-order valence-electron chi connectivity index (χ0n) is 22.4. The van der Waals surface area contributed by atoms with Crippen LogP contribution in [-0.2, 0) is 15.6 Å². The predicted octanol–water partition coefficient (Wildman–Crippen LogP) is 5.12. The van der Waals surface area contributed by atoms with Gasteiger partial charge in [0.2, 0.25) is 0 Å². The highest BCUT2D eigenvalue weighted by atomic mass is 32.2. The summed E-state index contributed by atoms with van der Waals surface area (Å²) in [6.45, 7) is 7.00. The fourth-order valence-electron chi connectivity index (χ4n) is 4.56. The molecule has 1 saturated heterocycles. The van der Waals surface area contributed by atoms with E-state index in [2.05, 4.69) is 11.8 Å². The van der Waals surface area contributed by atoms with E-state index < -0.39 is 9.84 Å². The van der Waals surface area contributed by atoms with Gasteiger partial charge in [0.1, 0.15) is 11.5 Å². The molecule has 0 spiro atoms. The second-order valence-electron chi connectivity index (χ2n) is 9.53. The van der Waals surface area contributed by atoms with Crippen molar-refractivity contribution >= 4 is 21.4 Å². The summed E-state index contributed by atoms with van der Waals surface area (Å²) in [4.78, 5) is 17.6. The van der Waals surface area contributed by atoms with Crippen molar-refractivity contribution in [1.29, 1.82) is 0 Å². The summed E-state index contributed by atoms with van der Waals surface area (Å²) in [6, 6.07) is 19.8. The molecule has 0 N–H and O–H groups in total. The molecule has 1 aliphatic heterocycles. The van der Waals surface area contributed by atoms with Gasteiger partial charge in [0.05, 0.1) is 30.1 Å². The van der Waals surface area contributed by atoms with E-state index in [9.17, 15) is 13.2 Å². The summed E-state index contributed by atoms with van der Waals surface area (Å²) in [5, 5.41) is 0. The molecule has 0 unspecified atom stereocenters. The highest BCUT2D eigenvalue weighted by Crippen LogP contribution is 2.29. The van der Waals surface area contributed by atoms with Crippen LogP contribution in [0.3, 0.4) is 0 Å². The summed E-state index contributed by atoms with van der Waals surface area (Å²) in [6.07, 6.45) is 2.03. The summed E-state index contributed by atoms with van der Waals surface area (Å²) in [5.41, 5.74) is 2.87. The van der Waals surface area contributed by atoms with Gasteiger partial charge in [0, 0.05) is 31.7 Å². The number of amides is 1. The van der Waals surface area contributed by atoms with Crippen molar-refractivity contribution in [3.05, 3.63) is 83.4 Å². The number of unbranched alkanes of at least 4 members (excludes halogenated alkanes) is 1. The van der Waals surface area contributed by atoms with Gasteiger partial charge < -0.3 is 19.3 Å². The maximum absolute atomic E-state index is 13.4. The Kier molecular flexibility index (Phi) is 8.94. The Bertz CT molecular complexity index is 1350. The molecule has 0 atom stereocenters. The van der Waals surface area contributed by atoms with Crippen molar-refractivity contribution in [3.63, 3.8) is 0 Å². The first-order chi connectivity index (χ1) is 18.3. The Morgan fingerprint density at radius 3 is 2.34 bits per heavy atom. The van der Waals surface area contributed by atoms with Crippen molar-refractivity contribution in [2.75, 3.05) is 44.8 Å². The van der Waals surface area contributed by atoms with E-state index in [0.717, 1.165) is 35.6 Å². The molecule has 0 saturated carbocycles. The van der Waals surface area contributed by atoms with Gasteiger partial charge in [-0.1, -0.05) is 43.7 Å². The number of ether oxygens (including phenoxy) is 2. The van der Waals surface area contributed by atoms with Crippen LogP contribution in [0.2, 0.25) is 0 Å². The van der Waals surface area contributed by atoms with Gasteiger partial charge in [-0.15, -0.1) is 0 Å². The molecule has 0 radical (unpaired) electrons. The average molecular weight is 537 g/mol. The van der Waals surface area contributed by atoms with Crippen molar-refractivity contribution in [2.24, 2.45) is 0 Å². The van der Waals surface area contributed by atoms with E-state index in [0.29, 0.717) is 43.9 Å². The van der Waals surface area contributed by atoms with Crippen LogP contribution in [0.25, 0.3) is 0 Å². The fraction of sp³-hybridized carbons (Fsp3) is 0.367. The van der Waals surface area contributed by atoms with Gasteiger partial charge in [-0.25, -0.2) is 8.42 Å². The number of sulfone groups is 1. The molecule has 0 aromatic heterocycles. The quantitative estimate of drug-likeness (QED) is 0.335. The smallest absolute Gasteiger partial charge is 0.254 e. The lowest BCUT2D eigenvalue weighted by molar-refractivity contribution is 0.0745. The van der Waals surface area contributed by atoms with Crippen molar-refractivity contribution < 1.29 is 22.7 Å². The SMILES string of the molecule is CCCCOc1ccc(CS(=O)(=O)c2ccc(C)c(C(=O)N3CCN(c4ccccc4OC)CC3)c2)cc1. The van der Waals surface area contributed by atoms with Crippen LogP contribution >= 0.6 is 0 Å². The first-order valence-electron chi connectivity index (χ1n) is 13.0. The Morgan fingerprint density at radius 1 is 0.947 bits per heavy atom. The van der Waals surface area contributed by atoms with Gasteiger partial charge >= 0.3 is 0 Å². The first-order valence-corrected chi connectivity index (χ1v) is 14.7. The maximum Gasteiger partial charge on any atom is 0.254 e. The minimum Gasteiger partial charge on any atom is -0.495 e. The Hall–Kier alpha value is -3.52. The van der Waals surface area contributed by atoms with E-state index in [1.807, 2.05) is 31.2 Å². The van der Waals surface area contributed by atoms with Gasteiger partial charge in [-0.05, 0) is 60.9 Å². The number of aryl methyl sites for hydroxylation is 1. The molecule has 0 bridgehead atoms. The molecular formula is C30H36N2O5S. The Labute approximate surface area is 225 Å². The van der Waals surface area contributed by atoms with Crippen LogP contribution in [0.5, 0.6) is 11.5 Å². The van der Waals surface area contributed by atoms with Crippen molar-refractivity contribution in [3.8, 4) is 11.5 Å². The summed E-state index contributed by atoms with van der Waals surface area (Å²) < 4.78 is 37.6. The zero-order valence-corrected chi connectivity index (χ0v) is 23.2. The number of para-hydroxylation sites is 2. The Balaban J connectivity index is 1.44. The molecule has 0 aliphatic carbocycles.